The van der Waals surface area contributed by atoms with Gasteiger partial charge < -0.3 is 13.7 Å². The molecule has 0 spiro atoms. The van der Waals surface area contributed by atoms with Crippen LogP contribution in [-0.2, 0) is 13.7 Å². The Bertz CT molecular complexity index is 844. The summed E-state index contributed by atoms with van der Waals surface area (Å²) < 4.78 is 13.7. The Morgan fingerprint density at radius 3 is 2.24 bits per heavy atom. The van der Waals surface area contributed by atoms with Crippen LogP contribution in [-0.4, -0.2) is 41.2 Å². The second-order valence-electron chi connectivity index (χ2n) is 14.2. The van der Waals surface area contributed by atoms with Crippen molar-refractivity contribution in [2.45, 2.75) is 123 Å². The summed E-state index contributed by atoms with van der Waals surface area (Å²) in [4.78, 5) is 5.32. The quantitative estimate of drug-likeness (QED) is 0.160. The highest BCUT2D eigenvalue weighted by atomic mass is 28.4. The van der Waals surface area contributed by atoms with E-state index in [0.717, 1.165) is 30.4 Å². The number of hydrogen-bond acceptors (Lipinski definition) is 4. The Kier molecular flexibility index (Phi) is 6.93. The van der Waals surface area contributed by atoms with Crippen LogP contribution >= 0.6 is 0 Å². The third kappa shape index (κ3) is 4.43. The van der Waals surface area contributed by atoms with Crippen molar-refractivity contribution >= 4 is 22.3 Å². The molecule has 4 aliphatic rings. The number of nitrogens with zero attached hydrogens (tertiary/aromatic N) is 1. The van der Waals surface area contributed by atoms with Gasteiger partial charge in [-0.2, -0.15) is 0 Å². The van der Waals surface area contributed by atoms with E-state index in [1.165, 1.54) is 38.5 Å². The van der Waals surface area contributed by atoms with Crippen LogP contribution in [0, 0.1) is 28.6 Å². The minimum absolute atomic E-state index is 0.125. The van der Waals surface area contributed by atoms with Crippen LogP contribution in [0.3, 0.4) is 0 Å². The van der Waals surface area contributed by atoms with E-state index in [9.17, 15) is 0 Å². The first-order valence-electron chi connectivity index (χ1n) is 13.8. The summed E-state index contributed by atoms with van der Waals surface area (Å²) in [7, 11) is -1.61. The molecule has 0 aliphatic heterocycles. The van der Waals surface area contributed by atoms with Crippen molar-refractivity contribution in [3.8, 4) is 0 Å². The third-order valence-corrected chi connectivity index (χ3v) is 12.0. The SMILES string of the molecule is CO/N=C(\C)[C@@]1(O[Si](C)(C)C)CC[C@H]2[C@@H]3CC=C4CC(O[Si](C)(C)C)CC[C@]4(C)[C@H]3CC[C@@]21C. The van der Waals surface area contributed by atoms with Crippen molar-refractivity contribution in [3.05, 3.63) is 11.6 Å². The highest BCUT2D eigenvalue weighted by Crippen LogP contribution is 2.68. The predicted molar refractivity (Wildman–Crippen MR) is 147 cm³/mol. The predicted octanol–water partition coefficient (Wildman–Crippen LogP) is 7.78. The first kappa shape index (κ1) is 26.6. The second kappa shape index (κ2) is 8.84. The van der Waals surface area contributed by atoms with Gasteiger partial charge in [-0.15, -0.1) is 0 Å². The van der Waals surface area contributed by atoms with Gasteiger partial charge in [-0.25, -0.2) is 0 Å². The molecule has 0 saturated heterocycles. The molecule has 34 heavy (non-hydrogen) atoms. The number of rotatable bonds is 6. The molecule has 0 heterocycles. The van der Waals surface area contributed by atoms with Crippen molar-refractivity contribution in [1.29, 1.82) is 0 Å². The third-order valence-electron chi connectivity index (χ3n) is 9.99. The van der Waals surface area contributed by atoms with Gasteiger partial charge in [0.25, 0.3) is 0 Å². The van der Waals surface area contributed by atoms with E-state index < -0.39 is 16.6 Å². The minimum atomic E-state index is -1.78. The maximum Gasteiger partial charge on any atom is 0.185 e. The molecule has 0 amide bonds. The fraction of sp³-hybridized carbons (Fsp3) is 0.893. The van der Waals surface area contributed by atoms with Gasteiger partial charge in [0.15, 0.2) is 16.6 Å². The molecule has 0 bridgehead atoms. The molecule has 194 valence electrons. The lowest BCUT2D eigenvalue weighted by molar-refractivity contribution is -0.0866. The molecular weight excluding hydrogens is 454 g/mol. The molecule has 0 aromatic heterocycles. The fourth-order valence-electron chi connectivity index (χ4n) is 8.80. The van der Waals surface area contributed by atoms with Gasteiger partial charge in [0, 0.05) is 11.5 Å². The highest BCUT2D eigenvalue weighted by Gasteiger charge is 2.66. The van der Waals surface area contributed by atoms with Crippen LogP contribution in [0.15, 0.2) is 16.8 Å². The molecule has 4 aliphatic carbocycles. The van der Waals surface area contributed by atoms with Crippen molar-refractivity contribution in [3.63, 3.8) is 0 Å². The van der Waals surface area contributed by atoms with Crippen molar-refractivity contribution < 1.29 is 13.7 Å². The molecule has 0 radical (unpaired) electrons. The Morgan fingerprint density at radius 2 is 1.62 bits per heavy atom. The Morgan fingerprint density at radius 1 is 0.941 bits per heavy atom. The van der Waals surface area contributed by atoms with Gasteiger partial charge in [-0.05, 0) is 121 Å². The highest BCUT2D eigenvalue weighted by molar-refractivity contribution is 6.70. The van der Waals surface area contributed by atoms with Gasteiger partial charge >= 0.3 is 0 Å². The zero-order valence-corrected chi connectivity index (χ0v) is 25.7. The lowest BCUT2D eigenvalue weighted by Crippen LogP contribution is -2.60. The van der Waals surface area contributed by atoms with Crippen LogP contribution in [0.1, 0.15) is 72.1 Å². The largest absolute Gasteiger partial charge is 0.414 e. The van der Waals surface area contributed by atoms with Crippen LogP contribution in [0.2, 0.25) is 39.3 Å². The summed E-state index contributed by atoms with van der Waals surface area (Å²) in [6, 6.07) is 0. The van der Waals surface area contributed by atoms with E-state index in [-0.39, 0.29) is 11.0 Å². The van der Waals surface area contributed by atoms with E-state index in [2.05, 4.69) is 71.3 Å². The van der Waals surface area contributed by atoms with E-state index in [0.29, 0.717) is 17.4 Å². The first-order valence-corrected chi connectivity index (χ1v) is 20.6. The van der Waals surface area contributed by atoms with Crippen molar-refractivity contribution in [1.82, 2.24) is 0 Å². The summed E-state index contributed by atoms with van der Waals surface area (Å²) >= 11 is 0. The zero-order chi connectivity index (χ0) is 25.2. The lowest BCUT2D eigenvalue weighted by Gasteiger charge is -2.60. The van der Waals surface area contributed by atoms with E-state index in [1.807, 2.05) is 0 Å². The summed E-state index contributed by atoms with van der Waals surface area (Å²) in [5.41, 5.74) is 2.97. The van der Waals surface area contributed by atoms with Gasteiger partial charge in [-0.1, -0.05) is 30.7 Å². The maximum absolute atomic E-state index is 7.15. The summed E-state index contributed by atoms with van der Waals surface area (Å²) in [6.45, 7) is 21.3. The maximum atomic E-state index is 7.15. The molecular formula is C28H51NO3Si2. The summed E-state index contributed by atoms with van der Waals surface area (Å²) in [6.07, 6.45) is 12.9. The minimum Gasteiger partial charge on any atom is -0.414 e. The molecule has 0 aromatic carbocycles. The molecule has 3 fully saturated rings. The topological polar surface area (TPSA) is 40.0 Å². The van der Waals surface area contributed by atoms with Crippen molar-refractivity contribution in [2.24, 2.45) is 33.7 Å². The smallest absolute Gasteiger partial charge is 0.185 e. The molecule has 7 atom stereocenters. The Hall–Kier alpha value is -0.436. The standard InChI is InChI=1S/C28H51NO3Si2/c1-20(29-30-4)28(32-34(8,9)10)18-15-25-23-12-11-21-19-22(31-33(5,6)7)13-16-26(21,2)24(23)14-17-27(25,28)3/h11,22-25H,12-19H2,1-10H3/b29-20+/t22?,23-,24+,25+,26+,27+,28+/m1/s1. The number of allylic oxidation sites excluding steroid dienone is 1. The average molecular weight is 506 g/mol. The lowest BCUT2D eigenvalue weighted by atomic mass is 9.46. The second-order valence-corrected chi connectivity index (χ2v) is 23.1. The van der Waals surface area contributed by atoms with Gasteiger partial charge in [0.1, 0.15) is 12.7 Å². The van der Waals surface area contributed by atoms with Gasteiger partial charge in [-0.3, -0.25) is 0 Å². The van der Waals surface area contributed by atoms with Crippen LogP contribution in [0.4, 0.5) is 0 Å². The number of oxime groups is 1. The van der Waals surface area contributed by atoms with E-state index >= 15 is 0 Å². The van der Waals surface area contributed by atoms with Crippen LogP contribution in [0.5, 0.6) is 0 Å². The monoisotopic (exact) mass is 505 g/mol. The Labute approximate surface area is 211 Å². The molecule has 6 heteroatoms. The summed E-state index contributed by atoms with van der Waals surface area (Å²) in [5.74, 6) is 2.24. The molecule has 4 rings (SSSR count). The molecule has 4 nitrogen and oxygen atoms in total. The zero-order valence-electron chi connectivity index (χ0n) is 23.7. The molecule has 1 unspecified atom stereocenters. The molecule has 3 saturated carbocycles. The van der Waals surface area contributed by atoms with Crippen molar-refractivity contribution in [2.75, 3.05) is 7.11 Å². The van der Waals surface area contributed by atoms with Gasteiger partial charge in [0.05, 0.1) is 5.71 Å². The van der Waals surface area contributed by atoms with Crippen LogP contribution in [0.25, 0.3) is 0 Å². The molecule has 0 aromatic rings. The Balaban J connectivity index is 1.64. The van der Waals surface area contributed by atoms with E-state index in [1.54, 1.807) is 12.7 Å². The van der Waals surface area contributed by atoms with Gasteiger partial charge in [0.2, 0.25) is 0 Å². The number of hydrogen-bond donors (Lipinski definition) is 0. The fourth-order valence-corrected chi connectivity index (χ4v) is 11.5. The molecule has 0 N–H and O–H groups in total. The summed E-state index contributed by atoms with van der Waals surface area (Å²) in [5, 5.41) is 4.51. The van der Waals surface area contributed by atoms with Crippen LogP contribution < -0.4 is 0 Å². The average Bonchev–Trinajstić information content (AvgIpc) is 2.99. The normalized spacial score (nSPS) is 43.0. The number of fused-ring (bicyclic) bond motifs is 5. The first-order chi connectivity index (χ1) is 15.7. The van der Waals surface area contributed by atoms with E-state index in [4.69, 9.17) is 13.7 Å².